The van der Waals surface area contributed by atoms with Gasteiger partial charge in [-0.2, -0.15) is 0 Å². The van der Waals surface area contributed by atoms with Crippen molar-refractivity contribution in [3.05, 3.63) is 39.9 Å². The first-order valence-electron chi connectivity index (χ1n) is 6.85. The number of nitrogens with zero attached hydrogens (tertiary/aromatic N) is 2. The number of methoxy groups -OCH3 is 1. The van der Waals surface area contributed by atoms with Crippen LogP contribution in [0.4, 0.5) is 10.5 Å². The van der Waals surface area contributed by atoms with Gasteiger partial charge in [0.15, 0.2) is 0 Å². The molecular formula is C15H22N2O5. The minimum atomic E-state index is -0.568. The summed E-state index contributed by atoms with van der Waals surface area (Å²) in [6.07, 6.45) is -0.838. The van der Waals surface area contributed by atoms with Gasteiger partial charge >= 0.3 is 6.09 Å². The first-order valence-corrected chi connectivity index (χ1v) is 6.85. The number of amides is 1. The molecule has 1 aromatic carbocycles. The molecule has 1 amide bonds. The second-order valence-electron chi connectivity index (χ2n) is 5.93. The van der Waals surface area contributed by atoms with Gasteiger partial charge in [-0.15, -0.1) is 0 Å². The zero-order valence-electron chi connectivity index (χ0n) is 13.5. The molecule has 7 nitrogen and oxygen atoms in total. The van der Waals surface area contributed by atoms with Crippen molar-refractivity contribution in [2.24, 2.45) is 0 Å². The molecule has 0 bridgehead atoms. The minimum Gasteiger partial charge on any atom is -0.444 e. The number of likely N-dealkylation sites (N-methyl/N-ethyl adjacent to an activating group) is 1. The molecule has 0 aliphatic heterocycles. The van der Waals surface area contributed by atoms with Gasteiger partial charge in [0.1, 0.15) is 5.60 Å². The van der Waals surface area contributed by atoms with Crippen molar-refractivity contribution in [2.75, 3.05) is 20.7 Å². The van der Waals surface area contributed by atoms with Crippen LogP contribution in [0.15, 0.2) is 24.3 Å². The molecule has 0 saturated carbocycles. The Morgan fingerprint density at radius 1 is 1.32 bits per heavy atom. The molecule has 0 saturated heterocycles. The Balaban J connectivity index is 2.75. The largest absolute Gasteiger partial charge is 0.444 e. The van der Waals surface area contributed by atoms with Gasteiger partial charge in [0, 0.05) is 26.3 Å². The van der Waals surface area contributed by atoms with Gasteiger partial charge in [-0.25, -0.2) is 4.79 Å². The Bertz CT molecular complexity index is 522. The number of carbonyl (C=O) groups excluding carboxylic acids is 1. The van der Waals surface area contributed by atoms with Crippen LogP contribution in [0.3, 0.4) is 0 Å². The van der Waals surface area contributed by atoms with Crippen molar-refractivity contribution in [3.63, 3.8) is 0 Å². The van der Waals surface area contributed by atoms with Crippen LogP contribution < -0.4 is 0 Å². The number of hydrogen-bond acceptors (Lipinski definition) is 5. The number of nitro benzene ring substituents is 1. The maximum Gasteiger partial charge on any atom is 0.410 e. The number of non-ortho nitro benzene ring substituents is 1. The molecule has 0 N–H and O–H groups in total. The highest BCUT2D eigenvalue weighted by Gasteiger charge is 2.23. The number of benzene rings is 1. The summed E-state index contributed by atoms with van der Waals surface area (Å²) in [7, 11) is 3.14. The molecule has 0 heterocycles. The summed E-state index contributed by atoms with van der Waals surface area (Å²) in [5.41, 5.74) is 0.198. The van der Waals surface area contributed by atoms with Crippen LogP contribution in [0.2, 0.25) is 0 Å². The highest BCUT2D eigenvalue weighted by molar-refractivity contribution is 5.67. The van der Waals surface area contributed by atoms with E-state index in [4.69, 9.17) is 9.47 Å². The fraction of sp³-hybridized carbons (Fsp3) is 0.533. The van der Waals surface area contributed by atoms with E-state index in [1.165, 1.54) is 24.1 Å². The number of ether oxygens (including phenoxy) is 2. The quantitative estimate of drug-likeness (QED) is 0.616. The number of nitro groups is 1. The lowest BCUT2D eigenvalue weighted by Crippen LogP contribution is -2.36. The summed E-state index contributed by atoms with van der Waals surface area (Å²) in [5.74, 6) is 0. The topological polar surface area (TPSA) is 81.9 Å². The predicted octanol–water partition coefficient (Wildman–Crippen LogP) is 3.15. The summed E-state index contributed by atoms with van der Waals surface area (Å²) in [4.78, 5) is 23.6. The highest BCUT2D eigenvalue weighted by Crippen LogP contribution is 2.21. The molecule has 0 aromatic heterocycles. The third kappa shape index (κ3) is 5.33. The van der Waals surface area contributed by atoms with Crippen LogP contribution in [0.25, 0.3) is 0 Å². The summed E-state index contributed by atoms with van der Waals surface area (Å²) in [5, 5.41) is 10.7. The molecule has 0 aliphatic rings. The lowest BCUT2D eigenvalue weighted by atomic mass is 10.1. The molecule has 7 heteroatoms. The van der Waals surface area contributed by atoms with Gasteiger partial charge < -0.3 is 14.4 Å². The summed E-state index contributed by atoms with van der Waals surface area (Å²) in [6.45, 7) is 5.66. The van der Waals surface area contributed by atoms with Crippen LogP contribution in [0, 0.1) is 10.1 Å². The van der Waals surface area contributed by atoms with Gasteiger partial charge in [-0.05, 0) is 38.5 Å². The summed E-state index contributed by atoms with van der Waals surface area (Å²) >= 11 is 0. The van der Waals surface area contributed by atoms with Crippen molar-refractivity contribution in [3.8, 4) is 0 Å². The Labute approximate surface area is 130 Å². The molecule has 122 valence electrons. The molecule has 1 atom stereocenters. The fourth-order valence-corrected chi connectivity index (χ4v) is 1.79. The lowest BCUT2D eigenvalue weighted by molar-refractivity contribution is -0.384. The average Bonchev–Trinajstić information content (AvgIpc) is 2.42. The van der Waals surface area contributed by atoms with Crippen LogP contribution in [-0.4, -0.2) is 42.2 Å². The standard InChI is InChI=1S/C15H22N2O5/c1-15(2,3)22-14(18)16(4)10-13(21-5)11-6-8-12(9-7-11)17(19)20/h6-9,13H,10H2,1-5H3. The maximum atomic E-state index is 11.9. The number of hydrogen-bond donors (Lipinski definition) is 0. The van der Waals surface area contributed by atoms with Gasteiger partial charge in [0.05, 0.1) is 17.6 Å². The molecule has 0 aliphatic carbocycles. The molecule has 0 radical (unpaired) electrons. The molecule has 1 rings (SSSR count). The van der Waals surface area contributed by atoms with E-state index in [2.05, 4.69) is 0 Å². The van der Waals surface area contributed by atoms with Crippen LogP contribution in [0.5, 0.6) is 0 Å². The zero-order chi connectivity index (χ0) is 16.9. The van der Waals surface area contributed by atoms with Crippen molar-refractivity contribution in [1.29, 1.82) is 0 Å². The van der Waals surface area contributed by atoms with Crippen LogP contribution in [-0.2, 0) is 9.47 Å². The monoisotopic (exact) mass is 310 g/mol. The number of carbonyl (C=O) groups is 1. The SMILES string of the molecule is COC(CN(C)C(=O)OC(C)(C)C)c1ccc([N+](=O)[O-])cc1. The zero-order valence-corrected chi connectivity index (χ0v) is 13.5. The van der Waals surface area contributed by atoms with Crippen LogP contribution >= 0.6 is 0 Å². The van der Waals surface area contributed by atoms with Crippen molar-refractivity contribution in [1.82, 2.24) is 4.90 Å². The van der Waals surface area contributed by atoms with Crippen molar-refractivity contribution in [2.45, 2.75) is 32.5 Å². The van der Waals surface area contributed by atoms with Crippen molar-refractivity contribution >= 4 is 11.8 Å². The molecule has 22 heavy (non-hydrogen) atoms. The normalized spacial score (nSPS) is 12.6. The first-order chi connectivity index (χ1) is 10.1. The average molecular weight is 310 g/mol. The van der Waals surface area contributed by atoms with Crippen molar-refractivity contribution < 1.29 is 19.2 Å². The summed E-state index contributed by atoms with van der Waals surface area (Å²) < 4.78 is 10.6. The number of rotatable bonds is 5. The summed E-state index contributed by atoms with van der Waals surface area (Å²) in [6, 6.07) is 6.06. The van der Waals surface area contributed by atoms with E-state index in [1.807, 2.05) is 0 Å². The van der Waals surface area contributed by atoms with E-state index in [1.54, 1.807) is 40.0 Å². The van der Waals surface area contributed by atoms with Gasteiger partial charge in [-0.3, -0.25) is 10.1 Å². The van der Waals surface area contributed by atoms with Crippen LogP contribution in [0.1, 0.15) is 32.4 Å². The molecule has 1 aromatic rings. The molecular weight excluding hydrogens is 288 g/mol. The maximum absolute atomic E-state index is 11.9. The van der Waals surface area contributed by atoms with E-state index >= 15 is 0 Å². The third-order valence-corrected chi connectivity index (χ3v) is 2.91. The van der Waals surface area contributed by atoms with E-state index in [9.17, 15) is 14.9 Å². The van der Waals surface area contributed by atoms with E-state index in [-0.39, 0.29) is 12.2 Å². The van der Waals surface area contributed by atoms with E-state index in [0.29, 0.717) is 0 Å². The van der Waals surface area contributed by atoms with Gasteiger partial charge in [0.25, 0.3) is 5.69 Å². The smallest absolute Gasteiger partial charge is 0.410 e. The molecule has 1 unspecified atom stereocenters. The minimum absolute atomic E-state index is 0.0131. The Morgan fingerprint density at radius 2 is 1.86 bits per heavy atom. The lowest BCUT2D eigenvalue weighted by Gasteiger charge is -2.27. The third-order valence-electron chi connectivity index (χ3n) is 2.91. The second-order valence-corrected chi connectivity index (χ2v) is 5.93. The highest BCUT2D eigenvalue weighted by atomic mass is 16.6. The Morgan fingerprint density at radius 3 is 2.27 bits per heavy atom. The van der Waals surface area contributed by atoms with E-state index < -0.39 is 22.7 Å². The molecule has 0 spiro atoms. The first kappa shape index (κ1) is 17.9. The van der Waals surface area contributed by atoms with Gasteiger partial charge in [0.2, 0.25) is 0 Å². The molecule has 0 fully saturated rings. The predicted molar refractivity (Wildman–Crippen MR) is 81.7 cm³/mol. The second kappa shape index (κ2) is 7.22. The van der Waals surface area contributed by atoms with E-state index in [0.717, 1.165) is 5.56 Å². The Kier molecular flexibility index (Phi) is 5.87. The fourth-order valence-electron chi connectivity index (χ4n) is 1.79. The Hall–Kier alpha value is -2.15. The van der Waals surface area contributed by atoms with Gasteiger partial charge in [-0.1, -0.05) is 0 Å².